The second-order valence-corrected chi connectivity index (χ2v) is 11.9. The van der Waals surface area contributed by atoms with E-state index in [2.05, 4.69) is 17.3 Å². The van der Waals surface area contributed by atoms with Crippen LogP contribution < -0.4 is 19.5 Å². The molecule has 2 aliphatic heterocycles. The van der Waals surface area contributed by atoms with Gasteiger partial charge in [0.25, 0.3) is 5.91 Å². The normalized spacial score (nSPS) is 16.2. The molecule has 0 aromatic heterocycles. The van der Waals surface area contributed by atoms with Crippen LogP contribution >= 0.6 is 11.6 Å². The maximum Gasteiger partial charge on any atom is 0.258 e. The van der Waals surface area contributed by atoms with E-state index in [0.717, 1.165) is 37.1 Å². The number of carbonyl (C=O) groups excluding carboxylic acids is 2. The summed E-state index contributed by atoms with van der Waals surface area (Å²) in [5, 5.41) is 15.1. The van der Waals surface area contributed by atoms with Crippen molar-refractivity contribution in [2.24, 2.45) is 5.92 Å². The Kier molecular flexibility index (Phi) is 11.0. The molecule has 9 nitrogen and oxygen atoms in total. The molecule has 2 unspecified atom stereocenters. The highest BCUT2D eigenvalue weighted by atomic mass is 35.5. The van der Waals surface area contributed by atoms with Crippen LogP contribution in [0.4, 0.5) is 0 Å². The number of fused-ring (bicyclic) bond motifs is 1. The van der Waals surface area contributed by atoms with Crippen molar-refractivity contribution < 1.29 is 28.9 Å². The van der Waals surface area contributed by atoms with E-state index in [1.165, 1.54) is 0 Å². The van der Waals surface area contributed by atoms with Gasteiger partial charge in [0, 0.05) is 24.0 Å². The third kappa shape index (κ3) is 8.87. The molecule has 0 bridgehead atoms. The number of likely N-dealkylation sites (tertiary alicyclic amines) is 1. The van der Waals surface area contributed by atoms with Gasteiger partial charge in [-0.25, -0.2) is 0 Å². The van der Waals surface area contributed by atoms with E-state index in [1.807, 2.05) is 48.5 Å². The van der Waals surface area contributed by atoms with E-state index >= 15 is 0 Å². The van der Waals surface area contributed by atoms with Crippen molar-refractivity contribution in [1.82, 2.24) is 15.1 Å². The fourth-order valence-corrected chi connectivity index (χ4v) is 5.80. The lowest BCUT2D eigenvalue weighted by molar-refractivity contribution is -0.138. The van der Waals surface area contributed by atoms with Crippen LogP contribution in [0, 0.1) is 5.92 Å². The van der Waals surface area contributed by atoms with Crippen LogP contribution in [0.5, 0.6) is 17.2 Å². The van der Waals surface area contributed by atoms with Crippen molar-refractivity contribution >= 4 is 23.4 Å². The summed E-state index contributed by atoms with van der Waals surface area (Å²) in [5.41, 5.74) is 1.97. The van der Waals surface area contributed by atoms with E-state index in [1.54, 1.807) is 29.2 Å². The van der Waals surface area contributed by atoms with Crippen molar-refractivity contribution in [3.8, 4) is 17.2 Å². The monoisotopic (exact) mass is 621 g/mol. The Morgan fingerprint density at radius 2 is 1.80 bits per heavy atom. The first kappa shape index (κ1) is 31.6. The number of benzene rings is 3. The molecule has 0 aliphatic carbocycles. The molecule has 0 radical (unpaired) electrons. The number of amides is 2. The van der Waals surface area contributed by atoms with Gasteiger partial charge in [0.1, 0.15) is 5.75 Å². The molecule has 0 saturated carbocycles. The minimum absolute atomic E-state index is 0.0342. The number of aliphatic hydroxyl groups is 1. The standard InChI is InChI=1S/C34H40ClN3O6/c1-37-15-13-26(14-16-37)34(41)38(17-12-25-10-11-31-32(19-25)44-23-43-31)21-30(39)29(18-24-6-3-2-4-7-24)36-33(40)22-42-28-9-5-8-27(35)20-28/h2-11,19-20,26,29-30,39H,12-18,21-23H2,1H3,(H,36,40). The van der Waals surface area contributed by atoms with Crippen LogP contribution in [-0.4, -0.2) is 85.5 Å². The van der Waals surface area contributed by atoms with Crippen molar-refractivity contribution in [2.45, 2.75) is 37.8 Å². The van der Waals surface area contributed by atoms with Crippen LogP contribution in [0.25, 0.3) is 0 Å². The van der Waals surface area contributed by atoms with Gasteiger partial charge in [-0.3, -0.25) is 9.59 Å². The van der Waals surface area contributed by atoms with E-state index in [4.69, 9.17) is 25.8 Å². The molecule has 5 rings (SSSR count). The fourth-order valence-electron chi connectivity index (χ4n) is 5.62. The number of aliphatic hydroxyl groups excluding tert-OH is 1. The highest BCUT2D eigenvalue weighted by Gasteiger charge is 2.31. The van der Waals surface area contributed by atoms with Crippen LogP contribution in [0.15, 0.2) is 72.8 Å². The zero-order chi connectivity index (χ0) is 30.9. The summed E-state index contributed by atoms with van der Waals surface area (Å²) in [6, 6.07) is 21.7. The number of carbonyl (C=O) groups is 2. The van der Waals surface area contributed by atoms with Crippen LogP contribution in [0.3, 0.4) is 0 Å². The first-order valence-corrected chi connectivity index (χ1v) is 15.5. The van der Waals surface area contributed by atoms with Crippen LogP contribution in [0.2, 0.25) is 5.02 Å². The lowest BCUT2D eigenvalue weighted by atomic mass is 9.94. The maximum atomic E-state index is 13.9. The molecule has 1 saturated heterocycles. The average Bonchev–Trinajstić information content (AvgIpc) is 3.50. The van der Waals surface area contributed by atoms with E-state index in [0.29, 0.717) is 41.7 Å². The Morgan fingerprint density at radius 3 is 2.57 bits per heavy atom. The van der Waals surface area contributed by atoms with Crippen molar-refractivity contribution in [3.05, 3.63) is 88.9 Å². The average molecular weight is 622 g/mol. The SMILES string of the molecule is CN1CCC(C(=O)N(CCc2ccc3c(c2)OCO3)CC(O)C(Cc2ccccc2)NC(=O)COc2cccc(Cl)c2)CC1. The molecule has 234 valence electrons. The predicted molar refractivity (Wildman–Crippen MR) is 168 cm³/mol. The first-order valence-electron chi connectivity index (χ1n) is 15.1. The summed E-state index contributed by atoms with van der Waals surface area (Å²) in [7, 11) is 2.06. The number of piperidine rings is 1. The third-order valence-electron chi connectivity index (χ3n) is 8.17. The summed E-state index contributed by atoms with van der Waals surface area (Å²) in [4.78, 5) is 30.9. The first-order chi connectivity index (χ1) is 21.3. The summed E-state index contributed by atoms with van der Waals surface area (Å²) in [6.45, 7) is 2.18. The molecule has 3 aromatic rings. The molecule has 3 aromatic carbocycles. The van der Waals surface area contributed by atoms with Gasteiger partial charge >= 0.3 is 0 Å². The van der Waals surface area contributed by atoms with Gasteiger partial charge in [0.2, 0.25) is 12.7 Å². The smallest absolute Gasteiger partial charge is 0.258 e. The van der Waals surface area contributed by atoms with Gasteiger partial charge < -0.3 is 34.4 Å². The number of halogens is 1. The molecule has 2 amide bonds. The van der Waals surface area contributed by atoms with E-state index in [9.17, 15) is 14.7 Å². The Hall–Kier alpha value is -3.79. The van der Waals surface area contributed by atoms with E-state index in [-0.39, 0.29) is 37.7 Å². The minimum atomic E-state index is -1.02. The number of nitrogens with zero attached hydrogens (tertiary/aromatic N) is 2. The number of rotatable bonds is 13. The summed E-state index contributed by atoms with van der Waals surface area (Å²) in [6.07, 6.45) is 1.51. The Labute approximate surface area is 263 Å². The second kappa shape index (κ2) is 15.3. The van der Waals surface area contributed by atoms with Gasteiger partial charge in [-0.15, -0.1) is 0 Å². The van der Waals surface area contributed by atoms with Gasteiger partial charge in [0.15, 0.2) is 18.1 Å². The summed E-state index contributed by atoms with van der Waals surface area (Å²) in [5.74, 6) is 1.43. The number of hydrogen-bond acceptors (Lipinski definition) is 7. The molecule has 1 fully saturated rings. The zero-order valence-electron chi connectivity index (χ0n) is 25.0. The molecule has 2 N–H and O–H groups in total. The topological polar surface area (TPSA) is 101 Å². The molecule has 2 atom stereocenters. The summed E-state index contributed by atoms with van der Waals surface area (Å²) < 4.78 is 16.6. The lowest BCUT2D eigenvalue weighted by Crippen LogP contribution is -2.53. The molecule has 2 heterocycles. The minimum Gasteiger partial charge on any atom is -0.484 e. The van der Waals surface area contributed by atoms with Gasteiger partial charge in [-0.2, -0.15) is 0 Å². The fraction of sp³-hybridized carbons (Fsp3) is 0.412. The van der Waals surface area contributed by atoms with Crippen LogP contribution in [0.1, 0.15) is 24.0 Å². The molecule has 0 spiro atoms. The number of nitrogens with one attached hydrogen (secondary N) is 1. The Bertz CT molecular complexity index is 1400. The van der Waals surface area contributed by atoms with E-state index < -0.39 is 12.1 Å². The number of ether oxygens (including phenoxy) is 3. The quantitative estimate of drug-likeness (QED) is 0.298. The second-order valence-electron chi connectivity index (χ2n) is 11.5. The zero-order valence-corrected chi connectivity index (χ0v) is 25.7. The molecule has 2 aliphatic rings. The maximum absolute atomic E-state index is 13.9. The Balaban J connectivity index is 1.29. The molecule has 10 heteroatoms. The predicted octanol–water partition coefficient (Wildman–Crippen LogP) is 3.95. The van der Waals surface area contributed by atoms with Crippen molar-refractivity contribution in [1.29, 1.82) is 0 Å². The highest BCUT2D eigenvalue weighted by molar-refractivity contribution is 6.30. The highest BCUT2D eigenvalue weighted by Crippen LogP contribution is 2.32. The van der Waals surface area contributed by atoms with Gasteiger partial charge in [-0.1, -0.05) is 54.1 Å². The van der Waals surface area contributed by atoms with Crippen molar-refractivity contribution in [3.63, 3.8) is 0 Å². The lowest BCUT2D eigenvalue weighted by Gasteiger charge is -2.35. The van der Waals surface area contributed by atoms with Crippen LogP contribution in [-0.2, 0) is 22.4 Å². The molecular formula is C34H40ClN3O6. The largest absolute Gasteiger partial charge is 0.484 e. The van der Waals surface area contributed by atoms with Crippen molar-refractivity contribution in [2.75, 3.05) is 46.6 Å². The third-order valence-corrected chi connectivity index (χ3v) is 8.40. The molecule has 44 heavy (non-hydrogen) atoms. The van der Waals surface area contributed by atoms with Gasteiger partial charge in [0.05, 0.1) is 12.1 Å². The van der Waals surface area contributed by atoms with Gasteiger partial charge in [-0.05, 0) is 87.3 Å². The molecular weight excluding hydrogens is 582 g/mol. The number of hydrogen-bond donors (Lipinski definition) is 2. The summed E-state index contributed by atoms with van der Waals surface area (Å²) >= 11 is 6.04. The Morgan fingerprint density at radius 1 is 1.02 bits per heavy atom.